The Morgan fingerprint density at radius 2 is 1.33 bits per heavy atom. The SMILES string of the molecule is COCCC1(CCCO)CC2(C1)c1cc(Br)ccc1-c1ccc(-c3ccc(-c4ccc(CC(=O)CCCCCCCNC(=O)OC(C)(C)C)cc4)cc3)cc12. The predicted molar refractivity (Wildman–Crippen MR) is 226 cm³/mol. The summed E-state index contributed by atoms with van der Waals surface area (Å²) in [5.41, 5.74) is 11.0. The highest BCUT2D eigenvalue weighted by atomic mass is 79.9. The summed E-state index contributed by atoms with van der Waals surface area (Å²) in [5.74, 6) is 0.281. The monoisotopic (exact) mass is 807 g/mol. The lowest BCUT2D eigenvalue weighted by atomic mass is 9.47. The van der Waals surface area contributed by atoms with E-state index in [9.17, 15) is 14.7 Å². The molecule has 55 heavy (non-hydrogen) atoms. The standard InChI is InChI=1S/C48H58BrNO5/c1-46(2,3)55-45(53)50-26-9-7-5-6-8-11-40(52)29-34-12-14-35(15-13-34)36-16-18-37(19-17-36)38-20-22-41-42-23-21-39(49)31-44(42)48(43(41)30-38)32-47(33-48,24-10-27-51)25-28-54-4/h12-23,30-31,51H,5-11,24-29,32-33H2,1-4H3,(H,50,53). The molecule has 4 aromatic carbocycles. The third kappa shape index (κ3) is 9.97. The van der Waals surface area contributed by atoms with E-state index in [2.05, 4.69) is 106 Å². The number of nitrogens with one attached hydrogen (secondary N) is 1. The Morgan fingerprint density at radius 3 is 1.98 bits per heavy atom. The second-order valence-electron chi connectivity index (χ2n) is 16.9. The summed E-state index contributed by atoms with van der Waals surface area (Å²) in [5, 5.41) is 12.5. The maximum atomic E-state index is 12.7. The summed E-state index contributed by atoms with van der Waals surface area (Å²) in [6, 6.07) is 31.0. The van der Waals surface area contributed by atoms with Crippen LogP contribution in [0.4, 0.5) is 4.79 Å². The Bertz CT molecular complexity index is 1910. The van der Waals surface area contributed by atoms with Gasteiger partial charge in [-0.15, -0.1) is 0 Å². The van der Waals surface area contributed by atoms with Crippen molar-refractivity contribution in [3.8, 4) is 33.4 Å². The molecule has 0 heterocycles. The summed E-state index contributed by atoms with van der Waals surface area (Å²) in [6.07, 6.45) is 10.6. The number of alkyl carbamates (subject to hydrolysis) is 1. The van der Waals surface area contributed by atoms with Crippen LogP contribution in [0.5, 0.6) is 0 Å². The average molecular weight is 809 g/mol. The van der Waals surface area contributed by atoms with Crippen molar-refractivity contribution in [2.24, 2.45) is 5.41 Å². The van der Waals surface area contributed by atoms with Crippen molar-refractivity contribution in [2.45, 2.75) is 109 Å². The number of benzene rings is 4. The Kier molecular flexibility index (Phi) is 13.4. The van der Waals surface area contributed by atoms with E-state index in [-0.39, 0.29) is 29.3 Å². The molecule has 1 spiro atoms. The third-order valence-corrected chi connectivity index (χ3v) is 12.1. The van der Waals surface area contributed by atoms with Crippen LogP contribution in [-0.2, 0) is 26.1 Å². The number of hydrogen-bond acceptors (Lipinski definition) is 5. The number of rotatable bonds is 18. The predicted octanol–water partition coefficient (Wildman–Crippen LogP) is 11.6. The number of halogens is 1. The lowest BCUT2D eigenvalue weighted by molar-refractivity contribution is -0.118. The summed E-state index contributed by atoms with van der Waals surface area (Å²) >= 11 is 3.77. The zero-order valence-electron chi connectivity index (χ0n) is 33.1. The number of carbonyl (C=O) groups excluding carboxylic acids is 2. The van der Waals surface area contributed by atoms with Crippen LogP contribution in [0.3, 0.4) is 0 Å². The van der Waals surface area contributed by atoms with Crippen molar-refractivity contribution >= 4 is 27.8 Å². The van der Waals surface area contributed by atoms with E-state index < -0.39 is 5.60 Å². The highest BCUT2D eigenvalue weighted by Gasteiger charge is 2.58. The molecule has 0 saturated heterocycles. The first kappa shape index (κ1) is 40.9. The molecular formula is C48H58BrNO5. The van der Waals surface area contributed by atoms with Crippen LogP contribution in [-0.4, -0.2) is 49.5 Å². The van der Waals surface area contributed by atoms with Crippen LogP contribution in [0, 0.1) is 5.41 Å². The first-order valence-electron chi connectivity index (χ1n) is 20.2. The molecule has 0 unspecified atom stereocenters. The number of methoxy groups -OCH3 is 1. The number of aliphatic hydroxyl groups is 1. The molecule has 6 nitrogen and oxygen atoms in total. The van der Waals surface area contributed by atoms with Crippen LogP contribution in [0.1, 0.15) is 108 Å². The van der Waals surface area contributed by atoms with Crippen molar-refractivity contribution in [2.75, 3.05) is 26.9 Å². The molecule has 2 N–H and O–H groups in total. The van der Waals surface area contributed by atoms with Gasteiger partial charge in [-0.25, -0.2) is 4.79 Å². The lowest BCUT2D eigenvalue weighted by Gasteiger charge is -2.56. The quantitative estimate of drug-likeness (QED) is 0.0978. The number of unbranched alkanes of at least 4 members (excludes halogenated alkanes) is 4. The van der Waals surface area contributed by atoms with Crippen molar-refractivity contribution < 1.29 is 24.2 Å². The van der Waals surface area contributed by atoms with E-state index in [4.69, 9.17) is 9.47 Å². The fraction of sp³-hybridized carbons (Fsp3) is 0.458. The molecule has 0 radical (unpaired) electrons. The number of aliphatic hydroxyl groups excluding tert-OH is 1. The van der Waals surface area contributed by atoms with Crippen LogP contribution in [0.2, 0.25) is 0 Å². The minimum absolute atomic E-state index is 0.0276. The Labute approximate surface area is 336 Å². The van der Waals surface area contributed by atoms with Crippen LogP contribution in [0.25, 0.3) is 33.4 Å². The van der Waals surface area contributed by atoms with Gasteiger partial charge < -0.3 is 19.9 Å². The molecule has 7 heteroatoms. The van der Waals surface area contributed by atoms with Gasteiger partial charge >= 0.3 is 6.09 Å². The molecule has 1 fully saturated rings. The zero-order valence-corrected chi connectivity index (χ0v) is 34.7. The molecule has 6 rings (SSSR count). The molecule has 1 amide bonds. The second-order valence-corrected chi connectivity index (χ2v) is 17.8. The smallest absolute Gasteiger partial charge is 0.407 e. The van der Waals surface area contributed by atoms with Gasteiger partial charge in [0, 0.05) is 49.6 Å². The first-order valence-corrected chi connectivity index (χ1v) is 21.0. The van der Waals surface area contributed by atoms with Gasteiger partial charge in [-0.3, -0.25) is 4.79 Å². The van der Waals surface area contributed by atoms with Gasteiger partial charge in [0.2, 0.25) is 0 Å². The number of carbonyl (C=O) groups is 2. The summed E-state index contributed by atoms with van der Waals surface area (Å²) < 4.78 is 11.9. The first-order chi connectivity index (χ1) is 26.4. The van der Waals surface area contributed by atoms with Gasteiger partial charge in [0.1, 0.15) is 11.4 Å². The molecule has 292 valence electrons. The normalized spacial score (nSPS) is 18.4. The number of amides is 1. The highest BCUT2D eigenvalue weighted by Crippen LogP contribution is 2.68. The number of Topliss-reactive ketones (excluding diaryl/α,β-unsaturated/α-hetero) is 1. The summed E-state index contributed by atoms with van der Waals surface area (Å²) in [4.78, 5) is 24.4. The molecule has 1 saturated carbocycles. The van der Waals surface area contributed by atoms with E-state index in [0.29, 0.717) is 19.4 Å². The minimum atomic E-state index is -0.480. The van der Waals surface area contributed by atoms with E-state index in [0.717, 1.165) is 92.0 Å². The highest BCUT2D eigenvalue weighted by molar-refractivity contribution is 9.10. The average Bonchev–Trinajstić information content (AvgIpc) is 3.41. The number of hydrogen-bond donors (Lipinski definition) is 2. The van der Waals surface area contributed by atoms with Gasteiger partial charge in [-0.05, 0) is 139 Å². The Morgan fingerprint density at radius 1 is 0.745 bits per heavy atom. The lowest BCUT2D eigenvalue weighted by Crippen LogP contribution is -2.50. The fourth-order valence-electron chi connectivity index (χ4n) is 8.98. The van der Waals surface area contributed by atoms with Gasteiger partial charge in [0.15, 0.2) is 0 Å². The summed E-state index contributed by atoms with van der Waals surface area (Å²) in [7, 11) is 1.78. The minimum Gasteiger partial charge on any atom is -0.444 e. The Balaban J connectivity index is 1.03. The molecule has 2 aliphatic carbocycles. The van der Waals surface area contributed by atoms with Gasteiger partial charge in [0.25, 0.3) is 0 Å². The van der Waals surface area contributed by atoms with Gasteiger partial charge in [-0.2, -0.15) is 0 Å². The molecule has 0 aliphatic heterocycles. The number of ketones is 1. The van der Waals surface area contributed by atoms with Crippen molar-refractivity contribution in [3.05, 3.63) is 106 Å². The maximum absolute atomic E-state index is 12.7. The fourth-order valence-corrected chi connectivity index (χ4v) is 9.34. The van der Waals surface area contributed by atoms with E-state index in [1.807, 2.05) is 20.8 Å². The van der Waals surface area contributed by atoms with Crippen molar-refractivity contribution in [1.29, 1.82) is 0 Å². The number of fused-ring (bicyclic) bond motifs is 5. The number of ether oxygens (including phenoxy) is 2. The molecule has 0 bridgehead atoms. The van der Waals surface area contributed by atoms with Crippen molar-refractivity contribution in [1.82, 2.24) is 5.32 Å². The molecule has 4 aromatic rings. The summed E-state index contributed by atoms with van der Waals surface area (Å²) in [6.45, 7) is 7.16. The Hall–Kier alpha value is -3.78. The molecular weight excluding hydrogens is 750 g/mol. The largest absolute Gasteiger partial charge is 0.444 e. The second kappa shape index (κ2) is 18.0. The molecule has 0 atom stereocenters. The third-order valence-electron chi connectivity index (χ3n) is 11.6. The van der Waals surface area contributed by atoms with E-state index >= 15 is 0 Å². The molecule has 0 aromatic heterocycles. The van der Waals surface area contributed by atoms with Crippen molar-refractivity contribution in [3.63, 3.8) is 0 Å². The van der Waals surface area contributed by atoms with E-state index in [1.165, 1.54) is 33.4 Å². The van der Waals surface area contributed by atoms with Gasteiger partial charge in [-0.1, -0.05) is 102 Å². The van der Waals surface area contributed by atoms with Crippen LogP contribution < -0.4 is 5.32 Å². The van der Waals surface area contributed by atoms with Crippen LogP contribution in [0.15, 0.2) is 89.4 Å². The van der Waals surface area contributed by atoms with Crippen LogP contribution >= 0.6 is 15.9 Å². The zero-order chi connectivity index (χ0) is 39.1. The topological polar surface area (TPSA) is 84.9 Å². The van der Waals surface area contributed by atoms with E-state index in [1.54, 1.807) is 7.11 Å². The van der Waals surface area contributed by atoms with Gasteiger partial charge in [0.05, 0.1) is 0 Å². The molecule has 2 aliphatic rings. The maximum Gasteiger partial charge on any atom is 0.407 e.